The molecule has 0 saturated carbocycles. The van der Waals surface area contributed by atoms with Crippen molar-refractivity contribution in [1.29, 1.82) is 0 Å². The number of carboxylic acid groups (broad SMARTS) is 1. The Morgan fingerprint density at radius 1 is 1.58 bits per heavy atom. The van der Waals surface area contributed by atoms with E-state index in [4.69, 9.17) is 16.7 Å². The van der Waals surface area contributed by atoms with Crippen molar-refractivity contribution in [3.05, 3.63) is 0 Å². The van der Waals surface area contributed by atoms with E-state index in [9.17, 15) is 4.79 Å². The Kier molecular flexibility index (Phi) is 10.7. The average Bonchev–Trinajstić information content (AvgIpc) is 1.86. The molecular weight excluding hydrogens is 201 g/mol. The van der Waals surface area contributed by atoms with E-state index >= 15 is 0 Å². The van der Waals surface area contributed by atoms with Crippen LogP contribution in [-0.2, 0) is 0 Å². The van der Waals surface area contributed by atoms with Crippen molar-refractivity contribution in [2.75, 3.05) is 0 Å². The molecular formula is C7H15Cl2NO2. The molecule has 0 rings (SSSR count). The lowest BCUT2D eigenvalue weighted by atomic mass is 10.2. The van der Waals surface area contributed by atoms with Gasteiger partial charge in [-0.3, -0.25) is 0 Å². The first-order chi connectivity index (χ1) is 5.16. The summed E-state index contributed by atoms with van der Waals surface area (Å²) in [4.78, 5) is 10.0. The summed E-state index contributed by atoms with van der Waals surface area (Å²) >= 11 is 5.62. The number of nitrogens with one attached hydrogen (secondary N) is 1. The second-order valence-electron chi connectivity index (χ2n) is 2.41. The highest BCUT2D eigenvalue weighted by atomic mass is 35.5. The first-order valence-electron chi connectivity index (χ1n) is 3.80. The molecule has 0 aromatic carbocycles. The number of rotatable bonds is 5. The van der Waals surface area contributed by atoms with Crippen LogP contribution in [-0.4, -0.2) is 16.7 Å². The van der Waals surface area contributed by atoms with Crippen LogP contribution in [0.25, 0.3) is 0 Å². The largest absolute Gasteiger partial charge is 0.465 e. The molecule has 0 aromatic rings. The van der Waals surface area contributed by atoms with Gasteiger partial charge in [0.2, 0.25) is 0 Å². The molecule has 0 fully saturated rings. The van der Waals surface area contributed by atoms with Crippen LogP contribution in [0.2, 0.25) is 0 Å². The maximum atomic E-state index is 10.0. The van der Waals surface area contributed by atoms with Gasteiger partial charge in [0.25, 0.3) is 0 Å². The predicted molar refractivity (Wildman–Crippen MR) is 52.2 cm³/mol. The molecule has 12 heavy (non-hydrogen) atoms. The number of unbranched alkanes of at least 4 members (excludes halogenated alkanes) is 2. The van der Waals surface area contributed by atoms with Crippen molar-refractivity contribution >= 4 is 30.1 Å². The second-order valence-corrected chi connectivity index (χ2v) is 2.94. The van der Waals surface area contributed by atoms with E-state index in [0.29, 0.717) is 6.42 Å². The van der Waals surface area contributed by atoms with Crippen molar-refractivity contribution in [2.24, 2.45) is 0 Å². The minimum Gasteiger partial charge on any atom is -0.465 e. The predicted octanol–water partition coefficient (Wildman–Crippen LogP) is 2.82. The molecule has 74 valence electrons. The normalized spacial score (nSPS) is 11.5. The van der Waals surface area contributed by atoms with Gasteiger partial charge < -0.3 is 10.4 Å². The van der Waals surface area contributed by atoms with Gasteiger partial charge >= 0.3 is 6.09 Å². The lowest BCUT2D eigenvalue weighted by Crippen LogP contribution is -2.28. The lowest BCUT2D eigenvalue weighted by molar-refractivity contribution is 0.192. The molecule has 0 saturated heterocycles. The fourth-order valence-electron chi connectivity index (χ4n) is 0.780. The van der Waals surface area contributed by atoms with Gasteiger partial charge in [-0.2, -0.15) is 0 Å². The summed E-state index contributed by atoms with van der Waals surface area (Å²) in [5.74, 6) is 0. The molecule has 0 radical (unpaired) electrons. The van der Waals surface area contributed by atoms with Crippen LogP contribution in [0.4, 0.5) is 4.79 Å². The van der Waals surface area contributed by atoms with Crippen LogP contribution in [0, 0.1) is 0 Å². The van der Waals surface area contributed by atoms with Gasteiger partial charge in [-0.15, -0.1) is 12.4 Å². The first-order valence-corrected chi connectivity index (χ1v) is 4.24. The van der Waals surface area contributed by atoms with Crippen LogP contribution in [0.1, 0.15) is 32.6 Å². The summed E-state index contributed by atoms with van der Waals surface area (Å²) in [5, 5.41) is 10.4. The Hall–Kier alpha value is -0.150. The molecule has 2 N–H and O–H groups in total. The van der Waals surface area contributed by atoms with Crippen LogP contribution in [0.15, 0.2) is 0 Å². The van der Waals surface area contributed by atoms with Crippen LogP contribution >= 0.6 is 24.0 Å². The highest BCUT2D eigenvalue weighted by Gasteiger charge is 2.05. The van der Waals surface area contributed by atoms with Crippen molar-refractivity contribution in [1.82, 2.24) is 5.32 Å². The molecule has 0 aromatic heterocycles. The SMILES string of the molecule is CCCCCC(Cl)NC(=O)O.Cl. The van der Waals surface area contributed by atoms with Gasteiger partial charge in [0.1, 0.15) is 5.50 Å². The van der Waals surface area contributed by atoms with Crippen molar-refractivity contribution in [3.63, 3.8) is 0 Å². The molecule has 3 nitrogen and oxygen atoms in total. The molecule has 5 heteroatoms. The maximum absolute atomic E-state index is 10.0. The zero-order valence-corrected chi connectivity index (χ0v) is 8.62. The van der Waals surface area contributed by atoms with E-state index in [-0.39, 0.29) is 12.4 Å². The minimum absolute atomic E-state index is 0. The molecule has 0 aliphatic carbocycles. The fraction of sp³-hybridized carbons (Fsp3) is 0.857. The van der Waals surface area contributed by atoms with E-state index in [0.717, 1.165) is 19.3 Å². The molecule has 0 heterocycles. The standard InChI is InChI=1S/C7H14ClNO2.ClH/c1-2-3-4-5-6(8)9-7(10)11;/h6,9H,2-5H2,1H3,(H,10,11);1H. The van der Waals surface area contributed by atoms with Crippen molar-refractivity contribution in [2.45, 2.75) is 38.1 Å². The van der Waals surface area contributed by atoms with Crippen LogP contribution in [0.3, 0.4) is 0 Å². The number of hydrogen-bond acceptors (Lipinski definition) is 1. The highest BCUT2D eigenvalue weighted by Crippen LogP contribution is 2.05. The Balaban J connectivity index is 0. The third-order valence-corrected chi connectivity index (χ3v) is 1.67. The molecule has 1 unspecified atom stereocenters. The lowest BCUT2D eigenvalue weighted by Gasteiger charge is -2.07. The zero-order chi connectivity index (χ0) is 8.69. The monoisotopic (exact) mass is 215 g/mol. The van der Waals surface area contributed by atoms with E-state index in [2.05, 4.69) is 12.2 Å². The Labute approximate surface area is 83.9 Å². The zero-order valence-electron chi connectivity index (χ0n) is 7.05. The highest BCUT2D eigenvalue weighted by molar-refractivity contribution is 6.21. The summed E-state index contributed by atoms with van der Waals surface area (Å²) in [5.41, 5.74) is -0.431. The van der Waals surface area contributed by atoms with Gasteiger partial charge in [-0.05, 0) is 6.42 Å². The van der Waals surface area contributed by atoms with Gasteiger partial charge in [-0.1, -0.05) is 37.8 Å². The van der Waals surface area contributed by atoms with Gasteiger partial charge in [-0.25, -0.2) is 4.79 Å². The summed E-state index contributed by atoms with van der Waals surface area (Å²) < 4.78 is 0. The summed E-state index contributed by atoms with van der Waals surface area (Å²) in [6.07, 6.45) is 2.86. The molecule has 0 aliphatic heterocycles. The number of carbonyl (C=O) groups is 1. The number of halogens is 2. The van der Waals surface area contributed by atoms with Gasteiger partial charge in [0.15, 0.2) is 0 Å². The summed E-state index contributed by atoms with van der Waals surface area (Å²) in [6.45, 7) is 2.09. The maximum Gasteiger partial charge on any atom is 0.405 e. The van der Waals surface area contributed by atoms with Crippen molar-refractivity contribution < 1.29 is 9.90 Å². The summed E-state index contributed by atoms with van der Waals surface area (Å²) in [6, 6.07) is 0. The molecule has 0 bridgehead atoms. The molecule has 1 atom stereocenters. The topological polar surface area (TPSA) is 49.3 Å². The minimum atomic E-state index is -1.05. The Morgan fingerprint density at radius 3 is 2.58 bits per heavy atom. The molecule has 0 aliphatic rings. The van der Waals surface area contributed by atoms with Gasteiger partial charge in [0, 0.05) is 0 Å². The first kappa shape index (κ1) is 14.4. The quantitative estimate of drug-likeness (QED) is 0.421. The number of hydrogen-bond donors (Lipinski definition) is 2. The third-order valence-electron chi connectivity index (χ3n) is 1.34. The Morgan fingerprint density at radius 2 is 2.17 bits per heavy atom. The average molecular weight is 216 g/mol. The van der Waals surface area contributed by atoms with E-state index in [1.807, 2.05) is 0 Å². The van der Waals surface area contributed by atoms with Gasteiger partial charge in [0.05, 0.1) is 0 Å². The van der Waals surface area contributed by atoms with E-state index in [1.165, 1.54) is 0 Å². The number of alkyl halides is 1. The molecule has 0 spiro atoms. The van der Waals surface area contributed by atoms with Crippen LogP contribution < -0.4 is 5.32 Å². The van der Waals surface area contributed by atoms with E-state index < -0.39 is 11.6 Å². The van der Waals surface area contributed by atoms with Crippen molar-refractivity contribution in [3.8, 4) is 0 Å². The summed E-state index contributed by atoms with van der Waals surface area (Å²) in [7, 11) is 0. The second kappa shape index (κ2) is 8.94. The molecule has 1 amide bonds. The smallest absolute Gasteiger partial charge is 0.405 e. The number of amides is 1. The van der Waals surface area contributed by atoms with Crippen LogP contribution in [0.5, 0.6) is 0 Å². The third kappa shape index (κ3) is 9.85. The fourth-order valence-corrected chi connectivity index (χ4v) is 1.03. The van der Waals surface area contributed by atoms with E-state index in [1.54, 1.807) is 0 Å². The Bertz CT molecular complexity index is 122.